The summed E-state index contributed by atoms with van der Waals surface area (Å²) < 4.78 is 22.6. The molecule has 0 saturated heterocycles. The van der Waals surface area contributed by atoms with Gasteiger partial charge in [-0.3, -0.25) is 4.79 Å². The van der Waals surface area contributed by atoms with Crippen molar-refractivity contribution in [3.63, 3.8) is 0 Å². The molecule has 1 amide bonds. The second kappa shape index (κ2) is 4.99. The van der Waals surface area contributed by atoms with Crippen molar-refractivity contribution >= 4 is 27.3 Å². The zero-order valence-electron chi connectivity index (χ0n) is 10.1. The fourth-order valence-corrected chi connectivity index (χ4v) is 3.81. The Bertz CT molecular complexity index is 559. The fourth-order valence-electron chi connectivity index (χ4n) is 1.80. The number of sulfonamides is 1. The molecule has 1 aromatic heterocycles. The lowest BCUT2D eigenvalue weighted by atomic mass is 10.2. The lowest BCUT2D eigenvalue weighted by Gasteiger charge is -2.04. The van der Waals surface area contributed by atoms with Crippen molar-refractivity contribution in [3.8, 4) is 0 Å². The first-order chi connectivity index (χ1) is 8.39. The highest BCUT2D eigenvalue weighted by atomic mass is 32.2. The second-order valence-corrected chi connectivity index (χ2v) is 7.23. The first-order valence-corrected chi connectivity index (χ1v) is 8.21. The van der Waals surface area contributed by atoms with Gasteiger partial charge in [-0.2, -0.15) is 0 Å². The third kappa shape index (κ3) is 3.09. The highest BCUT2D eigenvalue weighted by Gasteiger charge is 2.23. The summed E-state index contributed by atoms with van der Waals surface area (Å²) >= 11 is 0.990. The van der Waals surface area contributed by atoms with E-state index in [-0.39, 0.29) is 10.1 Å². The van der Waals surface area contributed by atoms with Crippen molar-refractivity contribution in [2.75, 3.05) is 6.54 Å². The molecule has 7 heteroatoms. The quantitative estimate of drug-likeness (QED) is 0.854. The van der Waals surface area contributed by atoms with Crippen molar-refractivity contribution in [1.82, 2.24) is 5.32 Å². The van der Waals surface area contributed by atoms with Crippen LogP contribution in [0.4, 0.5) is 0 Å². The summed E-state index contributed by atoms with van der Waals surface area (Å²) in [5.74, 6) is 0.535. The van der Waals surface area contributed by atoms with Gasteiger partial charge in [0, 0.05) is 11.9 Å². The number of nitrogens with one attached hydrogen (secondary N) is 1. The Morgan fingerprint density at radius 3 is 2.72 bits per heavy atom. The molecule has 100 valence electrons. The minimum Gasteiger partial charge on any atom is -0.352 e. The standard InChI is InChI=1S/C11H16N2O3S2/c1-7-9(6-17-11(7)18(12,15)16)10(14)13-5-4-8-2-3-8/h6,8H,2-5H2,1H3,(H,13,14)(H2,12,15,16). The van der Waals surface area contributed by atoms with Gasteiger partial charge in [0.2, 0.25) is 10.0 Å². The predicted octanol–water partition coefficient (Wildman–Crippen LogP) is 1.23. The van der Waals surface area contributed by atoms with Crippen LogP contribution in [0.1, 0.15) is 35.2 Å². The van der Waals surface area contributed by atoms with Gasteiger partial charge in [-0.05, 0) is 24.8 Å². The average Bonchev–Trinajstić information content (AvgIpc) is 2.98. The molecule has 0 spiro atoms. The second-order valence-electron chi connectivity index (χ2n) is 4.59. The minimum absolute atomic E-state index is 0.0647. The molecule has 2 rings (SSSR count). The average molecular weight is 288 g/mol. The highest BCUT2D eigenvalue weighted by Crippen LogP contribution is 2.31. The molecule has 1 saturated carbocycles. The summed E-state index contributed by atoms with van der Waals surface area (Å²) in [6.45, 7) is 2.25. The maximum atomic E-state index is 11.9. The molecule has 3 N–H and O–H groups in total. The molecule has 0 aliphatic heterocycles. The van der Waals surface area contributed by atoms with Crippen LogP contribution in [0, 0.1) is 12.8 Å². The molecular weight excluding hydrogens is 272 g/mol. The van der Waals surface area contributed by atoms with Gasteiger partial charge in [-0.15, -0.1) is 11.3 Å². The van der Waals surface area contributed by atoms with Crippen molar-refractivity contribution in [2.45, 2.75) is 30.4 Å². The molecule has 5 nitrogen and oxygen atoms in total. The monoisotopic (exact) mass is 288 g/mol. The number of carbonyl (C=O) groups is 1. The Labute approximate surface area is 110 Å². The summed E-state index contributed by atoms with van der Waals surface area (Å²) in [6, 6.07) is 0. The van der Waals surface area contributed by atoms with Crippen LogP contribution in [0.2, 0.25) is 0 Å². The molecule has 1 fully saturated rings. The SMILES string of the molecule is Cc1c(C(=O)NCCC2CC2)csc1S(N)(=O)=O. The van der Waals surface area contributed by atoms with E-state index in [0.29, 0.717) is 17.7 Å². The van der Waals surface area contributed by atoms with Gasteiger partial charge in [0.25, 0.3) is 5.91 Å². The van der Waals surface area contributed by atoms with Crippen LogP contribution in [0.25, 0.3) is 0 Å². The minimum atomic E-state index is -3.73. The van der Waals surface area contributed by atoms with Crippen molar-refractivity contribution < 1.29 is 13.2 Å². The van der Waals surface area contributed by atoms with E-state index in [2.05, 4.69) is 5.32 Å². The van der Waals surface area contributed by atoms with Crippen LogP contribution in [0.3, 0.4) is 0 Å². The number of carbonyl (C=O) groups excluding carboxylic acids is 1. The summed E-state index contributed by atoms with van der Waals surface area (Å²) in [5.41, 5.74) is 0.839. The topological polar surface area (TPSA) is 89.3 Å². The van der Waals surface area contributed by atoms with E-state index in [1.807, 2.05) is 0 Å². The molecule has 0 atom stereocenters. The van der Waals surface area contributed by atoms with Gasteiger partial charge in [-0.25, -0.2) is 13.6 Å². The molecule has 18 heavy (non-hydrogen) atoms. The van der Waals surface area contributed by atoms with Gasteiger partial charge in [0.1, 0.15) is 4.21 Å². The lowest BCUT2D eigenvalue weighted by molar-refractivity contribution is 0.0952. The fraction of sp³-hybridized carbons (Fsp3) is 0.545. The molecule has 0 unspecified atom stereocenters. The van der Waals surface area contributed by atoms with E-state index in [1.54, 1.807) is 12.3 Å². The first-order valence-electron chi connectivity index (χ1n) is 5.78. The van der Waals surface area contributed by atoms with Gasteiger partial charge < -0.3 is 5.32 Å². The molecule has 1 heterocycles. The van der Waals surface area contributed by atoms with Crippen LogP contribution < -0.4 is 10.5 Å². The van der Waals surface area contributed by atoms with Crippen LogP contribution in [-0.4, -0.2) is 20.9 Å². The van der Waals surface area contributed by atoms with Gasteiger partial charge in [-0.1, -0.05) is 12.8 Å². The van der Waals surface area contributed by atoms with Crippen molar-refractivity contribution in [2.24, 2.45) is 11.1 Å². The summed E-state index contributed by atoms with van der Waals surface area (Å²) in [6.07, 6.45) is 3.50. The van der Waals surface area contributed by atoms with E-state index < -0.39 is 10.0 Å². The van der Waals surface area contributed by atoms with E-state index in [4.69, 9.17) is 5.14 Å². The Balaban J connectivity index is 2.03. The number of hydrogen-bond acceptors (Lipinski definition) is 4. The van der Waals surface area contributed by atoms with Gasteiger partial charge in [0.15, 0.2) is 0 Å². The largest absolute Gasteiger partial charge is 0.352 e. The molecule has 0 bridgehead atoms. The van der Waals surface area contributed by atoms with Crippen LogP contribution in [0.15, 0.2) is 9.59 Å². The summed E-state index contributed by atoms with van der Waals surface area (Å²) in [4.78, 5) is 11.9. The third-order valence-electron chi connectivity index (χ3n) is 3.03. The predicted molar refractivity (Wildman–Crippen MR) is 70.1 cm³/mol. The van der Waals surface area contributed by atoms with Crippen LogP contribution >= 0.6 is 11.3 Å². The maximum absolute atomic E-state index is 11.9. The third-order valence-corrected chi connectivity index (χ3v) is 5.71. The Kier molecular flexibility index (Phi) is 3.74. The zero-order chi connectivity index (χ0) is 13.3. The molecule has 1 aromatic rings. The van der Waals surface area contributed by atoms with Crippen molar-refractivity contribution in [1.29, 1.82) is 0 Å². The zero-order valence-corrected chi connectivity index (χ0v) is 11.7. The van der Waals surface area contributed by atoms with E-state index in [9.17, 15) is 13.2 Å². The highest BCUT2D eigenvalue weighted by molar-refractivity contribution is 7.91. The van der Waals surface area contributed by atoms with Crippen LogP contribution in [-0.2, 0) is 10.0 Å². The molecule has 0 aromatic carbocycles. The van der Waals surface area contributed by atoms with E-state index >= 15 is 0 Å². The Morgan fingerprint density at radius 1 is 1.56 bits per heavy atom. The number of amides is 1. The summed E-state index contributed by atoms with van der Waals surface area (Å²) in [5, 5.41) is 9.42. The van der Waals surface area contributed by atoms with E-state index in [0.717, 1.165) is 23.7 Å². The van der Waals surface area contributed by atoms with Crippen molar-refractivity contribution in [3.05, 3.63) is 16.5 Å². The van der Waals surface area contributed by atoms with Gasteiger partial charge in [0.05, 0.1) is 5.56 Å². The molecule has 1 aliphatic carbocycles. The number of hydrogen-bond donors (Lipinski definition) is 2. The number of rotatable bonds is 5. The number of primary sulfonamides is 1. The molecule has 1 aliphatic rings. The van der Waals surface area contributed by atoms with Gasteiger partial charge >= 0.3 is 0 Å². The first kappa shape index (κ1) is 13.5. The smallest absolute Gasteiger partial charge is 0.252 e. The Hall–Kier alpha value is -0.920. The Morgan fingerprint density at radius 2 is 2.22 bits per heavy atom. The van der Waals surface area contributed by atoms with E-state index in [1.165, 1.54) is 12.8 Å². The van der Waals surface area contributed by atoms with Crippen LogP contribution in [0.5, 0.6) is 0 Å². The normalized spacial score (nSPS) is 15.7. The maximum Gasteiger partial charge on any atom is 0.252 e. The molecular formula is C11H16N2O3S2. The number of thiophene rings is 1. The molecule has 0 radical (unpaired) electrons. The lowest BCUT2D eigenvalue weighted by Crippen LogP contribution is -2.25. The summed E-state index contributed by atoms with van der Waals surface area (Å²) in [7, 11) is -3.73. The number of nitrogens with two attached hydrogens (primary N) is 1.